The Bertz CT molecular complexity index is 516. The molecule has 1 N–H and O–H groups in total. The van der Waals surface area contributed by atoms with Gasteiger partial charge >= 0.3 is 0 Å². The van der Waals surface area contributed by atoms with Crippen LogP contribution in [0.4, 0.5) is 0 Å². The van der Waals surface area contributed by atoms with E-state index in [0.717, 1.165) is 38.9 Å². The molecule has 3 rings (SSSR count). The van der Waals surface area contributed by atoms with E-state index < -0.39 is 0 Å². The number of hydrogen-bond donors (Lipinski definition) is 1. The first-order valence-corrected chi connectivity index (χ1v) is 9.78. The van der Waals surface area contributed by atoms with Gasteiger partial charge in [-0.15, -0.1) is 12.4 Å². The topological polar surface area (TPSA) is 32.3 Å². The number of carbonyl (C=O) groups excluding carboxylic acids is 1. The van der Waals surface area contributed by atoms with Crippen molar-refractivity contribution in [1.29, 1.82) is 0 Å². The number of piperidine rings is 1. The second-order valence-corrected chi connectivity index (χ2v) is 7.70. The van der Waals surface area contributed by atoms with Crippen LogP contribution in [-0.2, 0) is 11.2 Å². The molecule has 2 heterocycles. The van der Waals surface area contributed by atoms with E-state index in [1.165, 1.54) is 31.2 Å². The van der Waals surface area contributed by atoms with E-state index in [-0.39, 0.29) is 12.4 Å². The van der Waals surface area contributed by atoms with Crippen LogP contribution in [-0.4, -0.2) is 36.5 Å². The molecular weight excluding hydrogens is 332 g/mol. The minimum Gasteiger partial charge on any atom is -0.340 e. The monoisotopic (exact) mass is 364 g/mol. The van der Waals surface area contributed by atoms with E-state index in [0.29, 0.717) is 23.8 Å². The molecule has 0 aliphatic carbocycles. The summed E-state index contributed by atoms with van der Waals surface area (Å²) in [5.74, 6) is 1.57. The summed E-state index contributed by atoms with van der Waals surface area (Å²) in [7, 11) is 0. The maximum Gasteiger partial charge on any atom is 0.223 e. The lowest BCUT2D eigenvalue weighted by Gasteiger charge is -2.31. The van der Waals surface area contributed by atoms with Crippen molar-refractivity contribution in [2.24, 2.45) is 11.8 Å². The summed E-state index contributed by atoms with van der Waals surface area (Å²) >= 11 is 0. The number of amides is 1. The fourth-order valence-corrected chi connectivity index (χ4v) is 4.37. The van der Waals surface area contributed by atoms with Crippen LogP contribution in [0.25, 0.3) is 0 Å². The van der Waals surface area contributed by atoms with Crippen LogP contribution in [0.3, 0.4) is 0 Å². The second-order valence-electron chi connectivity index (χ2n) is 7.70. The smallest absolute Gasteiger partial charge is 0.223 e. The average Bonchev–Trinajstić information content (AvgIpc) is 3.10. The highest BCUT2D eigenvalue weighted by molar-refractivity contribution is 5.85. The van der Waals surface area contributed by atoms with Crippen molar-refractivity contribution in [3.63, 3.8) is 0 Å². The van der Waals surface area contributed by atoms with E-state index in [9.17, 15) is 4.79 Å². The number of benzene rings is 1. The molecule has 3 unspecified atom stereocenters. The van der Waals surface area contributed by atoms with Crippen LogP contribution >= 0.6 is 12.4 Å². The third-order valence-corrected chi connectivity index (χ3v) is 5.94. The predicted molar refractivity (Wildman–Crippen MR) is 106 cm³/mol. The molecule has 25 heavy (non-hydrogen) atoms. The molecule has 1 aromatic rings. The fraction of sp³-hybridized carbons (Fsp3) is 0.667. The first-order valence-electron chi connectivity index (χ1n) is 9.78. The van der Waals surface area contributed by atoms with Crippen molar-refractivity contribution < 1.29 is 4.79 Å². The standard InChI is InChI=1S/C21H32N2O.ClH/c1-17(19-9-5-13-22-16-19)15-21(24)23-14-6-10-20(23)12-11-18-7-3-2-4-8-18;/h2-4,7-8,17,19-20,22H,5-6,9-16H2,1H3;1H. The molecule has 4 heteroatoms. The Balaban J connectivity index is 0.00000225. The summed E-state index contributed by atoms with van der Waals surface area (Å²) in [5, 5.41) is 3.48. The Morgan fingerprint density at radius 2 is 2.04 bits per heavy atom. The van der Waals surface area contributed by atoms with Crippen molar-refractivity contribution in [1.82, 2.24) is 10.2 Å². The van der Waals surface area contributed by atoms with Crippen molar-refractivity contribution in [2.45, 2.75) is 57.9 Å². The van der Waals surface area contributed by atoms with E-state index in [1.807, 2.05) is 0 Å². The molecule has 140 valence electrons. The highest BCUT2D eigenvalue weighted by atomic mass is 35.5. The van der Waals surface area contributed by atoms with Crippen molar-refractivity contribution in [2.75, 3.05) is 19.6 Å². The number of halogens is 1. The number of likely N-dealkylation sites (tertiary alicyclic amines) is 1. The van der Waals surface area contributed by atoms with Gasteiger partial charge in [0.25, 0.3) is 0 Å². The number of rotatable bonds is 6. The number of nitrogens with zero attached hydrogens (tertiary/aromatic N) is 1. The Labute approximate surface area is 159 Å². The van der Waals surface area contributed by atoms with Crippen molar-refractivity contribution in [3.8, 4) is 0 Å². The van der Waals surface area contributed by atoms with Gasteiger partial charge in [0.15, 0.2) is 0 Å². The van der Waals surface area contributed by atoms with Gasteiger partial charge < -0.3 is 10.2 Å². The van der Waals surface area contributed by atoms with Crippen LogP contribution < -0.4 is 5.32 Å². The molecule has 0 bridgehead atoms. The van der Waals surface area contributed by atoms with E-state index in [4.69, 9.17) is 0 Å². The van der Waals surface area contributed by atoms with Gasteiger partial charge in [0, 0.05) is 19.0 Å². The zero-order valence-electron chi connectivity index (χ0n) is 15.5. The molecule has 1 amide bonds. The van der Waals surface area contributed by atoms with Crippen LogP contribution in [0, 0.1) is 11.8 Å². The van der Waals surface area contributed by atoms with Crippen LogP contribution in [0.5, 0.6) is 0 Å². The van der Waals surface area contributed by atoms with Gasteiger partial charge in [-0.2, -0.15) is 0 Å². The lowest BCUT2D eigenvalue weighted by atomic mass is 9.85. The Kier molecular flexibility index (Phi) is 8.25. The summed E-state index contributed by atoms with van der Waals surface area (Å²) in [6, 6.07) is 11.1. The zero-order chi connectivity index (χ0) is 16.8. The number of aryl methyl sites for hydroxylation is 1. The molecule has 3 atom stereocenters. The molecule has 3 nitrogen and oxygen atoms in total. The minimum absolute atomic E-state index is 0. The molecule has 0 aromatic heterocycles. The van der Waals surface area contributed by atoms with Gasteiger partial charge in [-0.1, -0.05) is 37.3 Å². The first kappa shape index (κ1) is 20.3. The first-order chi connectivity index (χ1) is 11.7. The third kappa shape index (κ3) is 5.72. The molecule has 2 aliphatic rings. The fourth-order valence-electron chi connectivity index (χ4n) is 4.37. The Morgan fingerprint density at radius 3 is 2.76 bits per heavy atom. The van der Waals surface area contributed by atoms with Gasteiger partial charge in [0.05, 0.1) is 0 Å². The van der Waals surface area contributed by atoms with Crippen LogP contribution in [0.15, 0.2) is 30.3 Å². The third-order valence-electron chi connectivity index (χ3n) is 5.94. The summed E-state index contributed by atoms with van der Waals surface area (Å²) in [6.07, 6.45) is 7.80. The van der Waals surface area contributed by atoms with Gasteiger partial charge in [-0.3, -0.25) is 4.79 Å². The normalized spacial score (nSPS) is 24.6. The highest BCUT2D eigenvalue weighted by Gasteiger charge is 2.30. The maximum atomic E-state index is 12.8. The number of hydrogen-bond acceptors (Lipinski definition) is 2. The summed E-state index contributed by atoms with van der Waals surface area (Å²) in [6.45, 7) is 5.47. The average molecular weight is 365 g/mol. The largest absolute Gasteiger partial charge is 0.340 e. The molecule has 2 aliphatic heterocycles. The zero-order valence-corrected chi connectivity index (χ0v) is 16.3. The number of nitrogens with one attached hydrogen (secondary N) is 1. The van der Waals surface area contributed by atoms with Crippen molar-refractivity contribution >= 4 is 18.3 Å². The maximum absolute atomic E-state index is 12.8. The van der Waals surface area contributed by atoms with Crippen LogP contribution in [0.1, 0.15) is 51.0 Å². The van der Waals surface area contributed by atoms with Crippen molar-refractivity contribution in [3.05, 3.63) is 35.9 Å². The Hall–Kier alpha value is -1.06. The molecule has 2 saturated heterocycles. The molecule has 0 saturated carbocycles. The van der Waals surface area contributed by atoms with Crippen LogP contribution in [0.2, 0.25) is 0 Å². The second kappa shape index (κ2) is 10.2. The quantitative estimate of drug-likeness (QED) is 0.825. The minimum atomic E-state index is 0. The lowest BCUT2D eigenvalue weighted by Crippen LogP contribution is -2.39. The molecule has 0 radical (unpaired) electrons. The number of carbonyl (C=O) groups is 1. The molecular formula is C21H33ClN2O. The molecule has 1 aromatic carbocycles. The van der Waals surface area contributed by atoms with Gasteiger partial charge in [-0.05, 0) is 69.0 Å². The van der Waals surface area contributed by atoms with Gasteiger partial charge in [-0.25, -0.2) is 0 Å². The molecule has 2 fully saturated rings. The predicted octanol–water partition coefficient (Wildman–Crippen LogP) is 4.06. The van der Waals surface area contributed by atoms with E-state index in [2.05, 4.69) is 47.5 Å². The van der Waals surface area contributed by atoms with Gasteiger partial charge in [0.2, 0.25) is 5.91 Å². The SMILES string of the molecule is CC(CC(=O)N1CCCC1CCc1ccccc1)C1CCCNC1.Cl. The molecule has 0 spiro atoms. The Morgan fingerprint density at radius 1 is 1.24 bits per heavy atom. The highest BCUT2D eigenvalue weighted by Crippen LogP contribution is 2.27. The van der Waals surface area contributed by atoms with Gasteiger partial charge in [0.1, 0.15) is 0 Å². The summed E-state index contributed by atoms with van der Waals surface area (Å²) < 4.78 is 0. The summed E-state index contributed by atoms with van der Waals surface area (Å²) in [5.41, 5.74) is 1.39. The summed E-state index contributed by atoms with van der Waals surface area (Å²) in [4.78, 5) is 15.0. The lowest BCUT2D eigenvalue weighted by molar-refractivity contribution is -0.133. The van der Waals surface area contributed by atoms with E-state index >= 15 is 0 Å². The van der Waals surface area contributed by atoms with E-state index in [1.54, 1.807) is 0 Å².